The van der Waals surface area contributed by atoms with Crippen LogP contribution in [-0.2, 0) is 0 Å². The van der Waals surface area contributed by atoms with Crippen LogP contribution in [-0.4, -0.2) is 30.5 Å². The zero-order chi connectivity index (χ0) is 21.7. The normalized spacial score (nSPS) is 10.5. The van der Waals surface area contributed by atoms with Crippen LogP contribution in [0.3, 0.4) is 0 Å². The van der Waals surface area contributed by atoms with Crippen molar-refractivity contribution < 1.29 is 23.5 Å². The van der Waals surface area contributed by atoms with E-state index in [1.165, 1.54) is 18.4 Å². The number of carbonyl (C=O) groups is 2. The van der Waals surface area contributed by atoms with Gasteiger partial charge in [-0.2, -0.15) is 0 Å². The Kier molecular flexibility index (Phi) is 6.73. The van der Waals surface area contributed by atoms with Gasteiger partial charge in [0.25, 0.3) is 11.8 Å². The summed E-state index contributed by atoms with van der Waals surface area (Å²) in [5.74, 6) is 1.43. The van der Waals surface area contributed by atoms with E-state index in [0.29, 0.717) is 45.0 Å². The van der Waals surface area contributed by atoms with Crippen molar-refractivity contribution in [1.82, 2.24) is 15.8 Å². The number of hydrogen-bond acceptors (Lipinski definition) is 7. The molecular formula is C21H23N3O5S. The fourth-order valence-corrected chi connectivity index (χ4v) is 3.57. The highest BCUT2D eigenvalue weighted by molar-refractivity contribution is 7.17. The topological polar surface area (TPSA) is 103 Å². The minimum absolute atomic E-state index is 0.323. The minimum atomic E-state index is -0.479. The van der Waals surface area contributed by atoms with Gasteiger partial charge in [0.15, 0.2) is 22.3 Å². The van der Waals surface area contributed by atoms with Gasteiger partial charge in [-0.05, 0) is 50.6 Å². The molecule has 0 saturated carbocycles. The lowest BCUT2D eigenvalue weighted by Crippen LogP contribution is -2.41. The molecule has 0 atom stereocenters. The summed E-state index contributed by atoms with van der Waals surface area (Å²) < 4.78 is 16.4. The lowest BCUT2D eigenvalue weighted by atomic mass is 10.2. The van der Waals surface area contributed by atoms with E-state index in [1.54, 1.807) is 31.2 Å². The predicted octanol–water partition coefficient (Wildman–Crippen LogP) is 3.89. The fraction of sp³-hybridized carbons (Fsp3) is 0.286. The molecule has 0 aliphatic heterocycles. The molecule has 0 fully saturated rings. The monoisotopic (exact) mass is 429 g/mol. The van der Waals surface area contributed by atoms with Crippen LogP contribution in [0.15, 0.2) is 34.7 Å². The maximum atomic E-state index is 12.5. The van der Waals surface area contributed by atoms with E-state index in [0.717, 1.165) is 12.2 Å². The highest BCUT2D eigenvalue weighted by Crippen LogP contribution is 2.30. The van der Waals surface area contributed by atoms with Crippen molar-refractivity contribution in [1.29, 1.82) is 0 Å². The number of hydrogen-bond donors (Lipinski definition) is 2. The fourth-order valence-electron chi connectivity index (χ4n) is 2.64. The van der Waals surface area contributed by atoms with Crippen LogP contribution in [0, 0.1) is 13.8 Å². The second-order valence-electron chi connectivity index (χ2n) is 6.47. The van der Waals surface area contributed by atoms with E-state index >= 15 is 0 Å². The Morgan fingerprint density at radius 3 is 2.53 bits per heavy atom. The van der Waals surface area contributed by atoms with Gasteiger partial charge >= 0.3 is 0 Å². The van der Waals surface area contributed by atoms with Crippen LogP contribution < -0.4 is 20.3 Å². The molecule has 3 rings (SSSR count). The van der Waals surface area contributed by atoms with Crippen molar-refractivity contribution in [2.75, 3.05) is 13.7 Å². The van der Waals surface area contributed by atoms with Gasteiger partial charge in [0, 0.05) is 5.56 Å². The number of carbonyl (C=O) groups excluding carboxylic acids is 2. The van der Waals surface area contributed by atoms with E-state index in [1.807, 2.05) is 19.9 Å². The maximum absolute atomic E-state index is 12.5. The molecule has 0 aliphatic carbocycles. The number of aromatic nitrogens is 1. The number of rotatable bonds is 7. The van der Waals surface area contributed by atoms with Crippen molar-refractivity contribution in [3.63, 3.8) is 0 Å². The summed E-state index contributed by atoms with van der Waals surface area (Å²) >= 11 is 1.19. The number of aryl methyl sites for hydroxylation is 2. The Morgan fingerprint density at radius 1 is 1.10 bits per heavy atom. The average molecular weight is 429 g/mol. The van der Waals surface area contributed by atoms with E-state index < -0.39 is 11.8 Å². The molecule has 0 saturated heterocycles. The Hall–Kier alpha value is -3.33. The van der Waals surface area contributed by atoms with Gasteiger partial charge in [-0.15, -0.1) is 11.3 Å². The first kappa shape index (κ1) is 21.4. The molecule has 0 aliphatic rings. The van der Waals surface area contributed by atoms with Gasteiger partial charge in [0.1, 0.15) is 10.6 Å². The number of amides is 2. The molecule has 2 aromatic heterocycles. The van der Waals surface area contributed by atoms with Gasteiger partial charge < -0.3 is 13.9 Å². The first-order chi connectivity index (χ1) is 14.4. The summed E-state index contributed by atoms with van der Waals surface area (Å²) in [6.07, 6.45) is 0.857. The Morgan fingerprint density at radius 2 is 1.87 bits per heavy atom. The Bertz CT molecular complexity index is 1060. The summed E-state index contributed by atoms with van der Waals surface area (Å²) in [5.41, 5.74) is 5.71. The minimum Gasteiger partial charge on any atom is -0.493 e. The third kappa shape index (κ3) is 4.80. The van der Waals surface area contributed by atoms with E-state index in [2.05, 4.69) is 15.8 Å². The molecule has 2 amide bonds. The third-order valence-electron chi connectivity index (χ3n) is 4.13. The summed E-state index contributed by atoms with van der Waals surface area (Å²) in [6, 6.07) is 8.46. The number of nitrogens with one attached hydrogen (secondary N) is 2. The number of furan rings is 1. The maximum Gasteiger partial charge on any atom is 0.281 e. The highest BCUT2D eigenvalue weighted by atomic mass is 32.1. The average Bonchev–Trinajstić information content (AvgIpc) is 3.35. The molecule has 2 N–H and O–H groups in total. The van der Waals surface area contributed by atoms with Crippen molar-refractivity contribution in [2.24, 2.45) is 0 Å². The van der Waals surface area contributed by atoms with Gasteiger partial charge in [-0.25, -0.2) is 4.98 Å². The van der Waals surface area contributed by atoms with Crippen molar-refractivity contribution in [3.8, 4) is 22.3 Å². The molecule has 30 heavy (non-hydrogen) atoms. The van der Waals surface area contributed by atoms with Crippen LogP contribution >= 0.6 is 11.3 Å². The van der Waals surface area contributed by atoms with Crippen molar-refractivity contribution >= 4 is 23.2 Å². The standard InChI is InChI=1S/C21H23N3O5S/c1-5-10-28-15-9-7-14(11-17(15)27-4)19(25)23-24-20(26)18-13(3)22-21(30-18)16-8-6-12(2)29-16/h6-9,11H,5,10H2,1-4H3,(H,23,25)(H,24,26). The van der Waals surface area contributed by atoms with Crippen LogP contribution in [0.1, 0.15) is 44.8 Å². The smallest absolute Gasteiger partial charge is 0.281 e. The van der Waals surface area contributed by atoms with Gasteiger partial charge in [0.05, 0.1) is 19.4 Å². The largest absolute Gasteiger partial charge is 0.493 e. The first-order valence-electron chi connectivity index (χ1n) is 9.38. The van der Waals surface area contributed by atoms with Crippen molar-refractivity contribution in [2.45, 2.75) is 27.2 Å². The predicted molar refractivity (Wildman–Crippen MR) is 113 cm³/mol. The second kappa shape index (κ2) is 9.45. The van der Waals surface area contributed by atoms with E-state index in [9.17, 15) is 9.59 Å². The molecule has 8 nitrogen and oxygen atoms in total. The Labute approximate surface area is 178 Å². The lowest BCUT2D eigenvalue weighted by molar-refractivity contribution is 0.0848. The molecule has 0 spiro atoms. The Balaban J connectivity index is 1.66. The van der Waals surface area contributed by atoms with Gasteiger partial charge in [-0.3, -0.25) is 20.4 Å². The number of benzene rings is 1. The molecule has 3 aromatic rings. The van der Waals surface area contributed by atoms with E-state index in [-0.39, 0.29) is 0 Å². The number of ether oxygens (including phenoxy) is 2. The highest BCUT2D eigenvalue weighted by Gasteiger charge is 2.19. The summed E-state index contributed by atoms with van der Waals surface area (Å²) in [4.78, 5) is 29.7. The van der Waals surface area contributed by atoms with Crippen LogP contribution in [0.2, 0.25) is 0 Å². The van der Waals surface area contributed by atoms with Crippen molar-refractivity contribution in [3.05, 3.63) is 52.2 Å². The molecule has 9 heteroatoms. The quantitative estimate of drug-likeness (QED) is 0.553. The number of nitrogens with zero attached hydrogens (tertiary/aromatic N) is 1. The summed E-state index contributed by atoms with van der Waals surface area (Å²) in [6.45, 7) is 6.11. The van der Waals surface area contributed by atoms with E-state index in [4.69, 9.17) is 13.9 Å². The van der Waals surface area contributed by atoms with Crippen LogP contribution in [0.4, 0.5) is 0 Å². The van der Waals surface area contributed by atoms with Crippen LogP contribution in [0.5, 0.6) is 11.5 Å². The molecule has 0 bridgehead atoms. The number of hydrazine groups is 1. The molecule has 158 valence electrons. The molecule has 1 aromatic carbocycles. The molecule has 0 unspecified atom stereocenters. The SMILES string of the molecule is CCCOc1ccc(C(=O)NNC(=O)c2sc(-c3ccc(C)o3)nc2C)cc1OC. The van der Waals surface area contributed by atoms with Gasteiger partial charge in [0.2, 0.25) is 0 Å². The van der Waals surface area contributed by atoms with Crippen LogP contribution in [0.25, 0.3) is 10.8 Å². The summed E-state index contributed by atoms with van der Waals surface area (Å²) in [5, 5.41) is 0.601. The second-order valence-corrected chi connectivity index (χ2v) is 7.47. The molecule has 0 radical (unpaired) electrons. The molecule has 2 heterocycles. The zero-order valence-corrected chi connectivity index (χ0v) is 18.0. The molecular weight excluding hydrogens is 406 g/mol. The lowest BCUT2D eigenvalue weighted by Gasteiger charge is -2.12. The number of thiazole rings is 1. The zero-order valence-electron chi connectivity index (χ0n) is 17.2. The summed E-state index contributed by atoms with van der Waals surface area (Å²) in [7, 11) is 1.50. The number of methoxy groups -OCH3 is 1. The third-order valence-corrected chi connectivity index (χ3v) is 5.30. The first-order valence-corrected chi connectivity index (χ1v) is 10.2. The van der Waals surface area contributed by atoms with Gasteiger partial charge in [-0.1, -0.05) is 6.92 Å².